The lowest BCUT2D eigenvalue weighted by Crippen LogP contribution is -2.42. The molecule has 152 valence electrons. The highest BCUT2D eigenvalue weighted by Crippen LogP contribution is 2.31. The summed E-state index contributed by atoms with van der Waals surface area (Å²) in [5, 5.41) is 2.98. The molecule has 0 radical (unpaired) electrons. The van der Waals surface area contributed by atoms with E-state index < -0.39 is 15.9 Å². The first-order chi connectivity index (χ1) is 13.3. The molecule has 0 heterocycles. The van der Waals surface area contributed by atoms with Crippen LogP contribution in [0.5, 0.6) is 5.75 Å². The first-order valence-electron chi connectivity index (χ1n) is 8.58. The summed E-state index contributed by atoms with van der Waals surface area (Å²) in [5.74, 6) is 0.00575. The second-order valence-electron chi connectivity index (χ2n) is 6.30. The van der Waals surface area contributed by atoms with Gasteiger partial charge in [-0.15, -0.1) is 0 Å². The average molecular weight is 426 g/mol. The largest absolute Gasteiger partial charge is 0.495 e. The number of methoxy groups -OCH3 is 1. The standard InChI is InChI=1S/C19H24ClN3O4S/c1-22(2)12-11-21-19(24)14-23(15-9-10-18(27-3)17(20)13-15)28(25,26)16-7-5-4-6-8-16/h4-10,13H,11-12,14H2,1-3H3,(H,21,24). The van der Waals surface area contributed by atoms with Gasteiger partial charge in [0, 0.05) is 13.1 Å². The van der Waals surface area contributed by atoms with E-state index in [1.807, 2.05) is 19.0 Å². The van der Waals surface area contributed by atoms with E-state index in [0.29, 0.717) is 18.8 Å². The van der Waals surface area contributed by atoms with Gasteiger partial charge in [-0.05, 0) is 44.4 Å². The van der Waals surface area contributed by atoms with Crippen molar-refractivity contribution in [3.63, 3.8) is 0 Å². The molecule has 7 nitrogen and oxygen atoms in total. The Labute approximate surface area is 170 Å². The lowest BCUT2D eigenvalue weighted by atomic mass is 10.3. The van der Waals surface area contributed by atoms with Gasteiger partial charge in [0.25, 0.3) is 10.0 Å². The van der Waals surface area contributed by atoms with Gasteiger partial charge < -0.3 is 15.0 Å². The van der Waals surface area contributed by atoms with E-state index in [0.717, 1.165) is 4.31 Å². The smallest absolute Gasteiger partial charge is 0.264 e. The van der Waals surface area contributed by atoms with Crippen LogP contribution in [0.4, 0.5) is 5.69 Å². The van der Waals surface area contributed by atoms with Crippen molar-refractivity contribution >= 4 is 33.2 Å². The van der Waals surface area contributed by atoms with E-state index in [2.05, 4.69) is 5.32 Å². The zero-order valence-electron chi connectivity index (χ0n) is 16.1. The summed E-state index contributed by atoms with van der Waals surface area (Å²) in [6.45, 7) is 0.688. The van der Waals surface area contributed by atoms with Crippen LogP contribution in [0.3, 0.4) is 0 Å². The Morgan fingerprint density at radius 3 is 2.39 bits per heavy atom. The van der Waals surface area contributed by atoms with E-state index in [-0.39, 0.29) is 22.2 Å². The molecule has 2 rings (SSSR count). The van der Waals surface area contributed by atoms with Crippen LogP contribution in [-0.4, -0.2) is 60.1 Å². The van der Waals surface area contributed by atoms with Gasteiger partial charge in [0.15, 0.2) is 0 Å². The van der Waals surface area contributed by atoms with Gasteiger partial charge in [-0.25, -0.2) is 8.42 Å². The summed E-state index contributed by atoms with van der Waals surface area (Å²) in [7, 11) is 1.28. The molecule has 2 aromatic carbocycles. The highest BCUT2D eigenvalue weighted by molar-refractivity contribution is 7.92. The van der Waals surface area contributed by atoms with Crippen molar-refractivity contribution in [3.8, 4) is 5.75 Å². The number of likely N-dealkylation sites (N-methyl/N-ethyl adjacent to an activating group) is 1. The number of carbonyl (C=O) groups excluding carboxylic acids is 1. The summed E-state index contributed by atoms with van der Waals surface area (Å²) < 4.78 is 32.5. The maximum Gasteiger partial charge on any atom is 0.264 e. The number of benzene rings is 2. The SMILES string of the molecule is COc1ccc(N(CC(=O)NCCN(C)C)S(=O)(=O)c2ccccc2)cc1Cl. The van der Waals surface area contributed by atoms with E-state index in [4.69, 9.17) is 16.3 Å². The van der Waals surface area contributed by atoms with Crippen LogP contribution in [0.15, 0.2) is 53.4 Å². The molecule has 0 atom stereocenters. The topological polar surface area (TPSA) is 79.0 Å². The molecular weight excluding hydrogens is 402 g/mol. The highest BCUT2D eigenvalue weighted by Gasteiger charge is 2.27. The zero-order chi connectivity index (χ0) is 20.7. The minimum absolute atomic E-state index is 0.0861. The van der Waals surface area contributed by atoms with E-state index in [9.17, 15) is 13.2 Å². The summed E-state index contributed by atoms with van der Waals surface area (Å²) in [4.78, 5) is 14.4. The number of hydrogen-bond acceptors (Lipinski definition) is 5. The van der Waals surface area contributed by atoms with E-state index in [1.165, 1.54) is 25.3 Å². The maximum atomic E-state index is 13.2. The average Bonchev–Trinajstić information content (AvgIpc) is 2.66. The maximum absolute atomic E-state index is 13.2. The second kappa shape index (κ2) is 9.77. The predicted octanol–water partition coefficient (Wildman–Crippen LogP) is 2.22. The number of rotatable bonds is 9. The third kappa shape index (κ3) is 5.60. The van der Waals surface area contributed by atoms with E-state index >= 15 is 0 Å². The highest BCUT2D eigenvalue weighted by atomic mass is 35.5. The van der Waals surface area contributed by atoms with Gasteiger partial charge in [-0.1, -0.05) is 29.8 Å². The van der Waals surface area contributed by atoms with Gasteiger partial charge in [0.2, 0.25) is 5.91 Å². The van der Waals surface area contributed by atoms with Crippen molar-refractivity contribution in [2.24, 2.45) is 0 Å². The number of sulfonamides is 1. The third-order valence-electron chi connectivity index (χ3n) is 3.92. The Morgan fingerprint density at radius 1 is 1.14 bits per heavy atom. The molecule has 2 aromatic rings. The van der Waals surface area contributed by atoms with Gasteiger partial charge in [0.05, 0.1) is 22.7 Å². The van der Waals surface area contributed by atoms with E-state index in [1.54, 1.807) is 30.3 Å². The Kier molecular flexibility index (Phi) is 7.68. The van der Waals surface area contributed by atoms with Crippen LogP contribution in [0.2, 0.25) is 5.02 Å². The molecule has 1 N–H and O–H groups in total. The first kappa shape index (κ1) is 22.0. The molecule has 0 bridgehead atoms. The number of nitrogens with one attached hydrogen (secondary N) is 1. The van der Waals surface area contributed by atoms with Gasteiger partial charge in [0.1, 0.15) is 12.3 Å². The molecule has 0 saturated carbocycles. The van der Waals surface area contributed by atoms with Crippen molar-refractivity contribution < 1.29 is 17.9 Å². The van der Waals surface area contributed by atoms with Crippen molar-refractivity contribution in [3.05, 3.63) is 53.6 Å². The fourth-order valence-electron chi connectivity index (χ4n) is 2.45. The van der Waals surface area contributed by atoms with Crippen molar-refractivity contribution in [1.29, 1.82) is 0 Å². The van der Waals surface area contributed by atoms with Crippen molar-refractivity contribution in [2.45, 2.75) is 4.90 Å². The van der Waals surface area contributed by atoms with Crippen LogP contribution in [0.25, 0.3) is 0 Å². The summed E-state index contributed by atoms with van der Waals surface area (Å²) in [6, 6.07) is 12.5. The van der Waals surface area contributed by atoms with Gasteiger partial charge in [-0.2, -0.15) is 0 Å². The summed E-state index contributed by atoms with van der Waals surface area (Å²) in [5.41, 5.74) is 0.275. The molecular formula is C19H24ClN3O4S. The molecule has 0 aromatic heterocycles. The molecule has 0 aliphatic heterocycles. The summed E-state index contributed by atoms with van der Waals surface area (Å²) >= 11 is 6.17. The number of halogens is 1. The Balaban J connectivity index is 2.36. The third-order valence-corrected chi connectivity index (χ3v) is 6.01. The fraction of sp³-hybridized carbons (Fsp3) is 0.316. The summed E-state index contributed by atoms with van der Waals surface area (Å²) in [6.07, 6.45) is 0. The lowest BCUT2D eigenvalue weighted by Gasteiger charge is -2.24. The first-order valence-corrected chi connectivity index (χ1v) is 10.4. The van der Waals surface area contributed by atoms with Crippen LogP contribution in [0, 0.1) is 0 Å². The van der Waals surface area contributed by atoms with Crippen molar-refractivity contribution in [1.82, 2.24) is 10.2 Å². The second-order valence-corrected chi connectivity index (χ2v) is 8.57. The van der Waals surface area contributed by atoms with Gasteiger partial charge >= 0.3 is 0 Å². The fourth-order valence-corrected chi connectivity index (χ4v) is 4.14. The number of amides is 1. The van der Waals surface area contributed by atoms with Crippen molar-refractivity contribution in [2.75, 3.05) is 45.1 Å². The normalized spacial score (nSPS) is 11.3. The number of hydrogen-bond donors (Lipinski definition) is 1. The molecule has 0 aliphatic carbocycles. The number of anilines is 1. The molecule has 28 heavy (non-hydrogen) atoms. The predicted molar refractivity (Wildman–Crippen MR) is 111 cm³/mol. The number of ether oxygens (including phenoxy) is 1. The number of nitrogens with zero attached hydrogens (tertiary/aromatic N) is 2. The molecule has 9 heteroatoms. The Bertz CT molecular complexity index is 905. The Morgan fingerprint density at radius 2 is 1.82 bits per heavy atom. The molecule has 1 amide bonds. The molecule has 0 saturated heterocycles. The molecule has 0 unspecified atom stereocenters. The molecule has 0 fully saturated rings. The zero-order valence-corrected chi connectivity index (χ0v) is 17.6. The monoisotopic (exact) mass is 425 g/mol. The van der Waals surface area contributed by atoms with Crippen LogP contribution in [-0.2, 0) is 14.8 Å². The number of carbonyl (C=O) groups is 1. The minimum atomic E-state index is -3.96. The minimum Gasteiger partial charge on any atom is -0.495 e. The molecule has 0 aliphatic rings. The lowest BCUT2D eigenvalue weighted by molar-refractivity contribution is -0.119. The Hall–Kier alpha value is -2.29. The quantitative estimate of drug-likeness (QED) is 0.666. The van der Waals surface area contributed by atoms with Crippen LogP contribution >= 0.6 is 11.6 Å². The molecule has 0 spiro atoms. The van der Waals surface area contributed by atoms with Crippen LogP contribution in [0.1, 0.15) is 0 Å². The van der Waals surface area contributed by atoms with Crippen LogP contribution < -0.4 is 14.4 Å². The van der Waals surface area contributed by atoms with Gasteiger partial charge in [-0.3, -0.25) is 9.10 Å².